The van der Waals surface area contributed by atoms with Crippen molar-refractivity contribution < 1.29 is 4.79 Å². The Bertz CT molecular complexity index is 664. The Balaban J connectivity index is 1.65. The number of hydrogen-bond donors (Lipinski definition) is 1. The zero-order valence-corrected chi connectivity index (χ0v) is 16.4. The Hall–Kier alpha value is -0.810. The van der Waals surface area contributed by atoms with Gasteiger partial charge in [-0.1, -0.05) is 41.4 Å². The fraction of sp³-hybridized carbons (Fsp3) is 0.278. The van der Waals surface area contributed by atoms with Gasteiger partial charge in [-0.3, -0.25) is 4.79 Å². The van der Waals surface area contributed by atoms with Crippen LogP contribution < -0.4 is 5.32 Å². The molecule has 0 aliphatic heterocycles. The Morgan fingerprint density at radius 1 is 1.12 bits per heavy atom. The minimum absolute atomic E-state index is 0.0493. The first-order valence-electron chi connectivity index (χ1n) is 7.57. The minimum atomic E-state index is -0.139. The van der Waals surface area contributed by atoms with Gasteiger partial charge in [-0.15, -0.1) is 11.8 Å². The van der Waals surface area contributed by atoms with Crippen molar-refractivity contribution in [3.05, 3.63) is 64.1 Å². The fourth-order valence-electron chi connectivity index (χ4n) is 1.96. The van der Waals surface area contributed by atoms with Gasteiger partial charge in [0, 0.05) is 33.0 Å². The van der Waals surface area contributed by atoms with Crippen molar-refractivity contribution >= 4 is 52.6 Å². The molecule has 0 unspecified atom stereocenters. The predicted octanol–water partition coefficient (Wildman–Crippen LogP) is 5.52. The molecule has 0 bridgehead atoms. The molecule has 24 heavy (non-hydrogen) atoms. The van der Waals surface area contributed by atoms with E-state index in [-0.39, 0.29) is 11.2 Å². The van der Waals surface area contributed by atoms with Crippen molar-refractivity contribution in [2.24, 2.45) is 0 Å². The molecule has 1 N–H and O–H groups in total. The summed E-state index contributed by atoms with van der Waals surface area (Å²) in [6.07, 6.45) is 0. The van der Waals surface area contributed by atoms with Crippen LogP contribution in [0, 0.1) is 0 Å². The standard InChI is InChI=1S/C18H19Cl2NOS2/c1-13(24-16-8-6-15(19)7-9-16)18(22)21-10-11-23-12-14-4-2-3-5-17(14)20/h2-9,13H,10-12H2,1H3,(H,21,22)/t13-/m1/s1. The van der Waals surface area contributed by atoms with Gasteiger partial charge in [-0.2, -0.15) is 11.8 Å². The highest BCUT2D eigenvalue weighted by Crippen LogP contribution is 2.25. The molecule has 0 aliphatic carbocycles. The number of hydrogen-bond acceptors (Lipinski definition) is 3. The number of carbonyl (C=O) groups is 1. The summed E-state index contributed by atoms with van der Waals surface area (Å²) in [6.45, 7) is 2.56. The van der Waals surface area contributed by atoms with E-state index in [9.17, 15) is 4.79 Å². The molecule has 1 atom stereocenters. The molecule has 0 heterocycles. The van der Waals surface area contributed by atoms with Crippen molar-refractivity contribution in [1.29, 1.82) is 0 Å². The molecule has 2 aromatic rings. The topological polar surface area (TPSA) is 29.1 Å². The molecule has 0 saturated heterocycles. The second-order valence-electron chi connectivity index (χ2n) is 5.15. The number of thioether (sulfide) groups is 2. The van der Waals surface area contributed by atoms with Crippen LogP contribution in [0.5, 0.6) is 0 Å². The van der Waals surface area contributed by atoms with Crippen molar-refractivity contribution in [2.45, 2.75) is 22.8 Å². The maximum atomic E-state index is 12.1. The van der Waals surface area contributed by atoms with Gasteiger partial charge < -0.3 is 5.32 Å². The van der Waals surface area contributed by atoms with Gasteiger partial charge in [0.1, 0.15) is 0 Å². The minimum Gasteiger partial charge on any atom is -0.354 e. The maximum absolute atomic E-state index is 12.1. The zero-order chi connectivity index (χ0) is 17.4. The lowest BCUT2D eigenvalue weighted by molar-refractivity contribution is -0.120. The molecule has 0 spiro atoms. The summed E-state index contributed by atoms with van der Waals surface area (Å²) in [6, 6.07) is 15.4. The van der Waals surface area contributed by atoms with Gasteiger partial charge in [0.2, 0.25) is 5.91 Å². The first-order chi connectivity index (χ1) is 11.6. The molecule has 2 aromatic carbocycles. The monoisotopic (exact) mass is 399 g/mol. The van der Waals surface area contributed by atoms with Crippen LogP contribution in [0.25, 0.3) is 0 Å². The molecule has 1 amide bonds. The molecule has 0 radical (unpaired) electrons. The van der Waals surface area contributed by atoms with Crippen LogP contribution in [0.15, 0.2) is 53.4 Å². The van der Waals surface area contributed by atoms with E-state index in [1.165, 1.54) is 11.8 Å². The number of carbonyl (C=O) groups excluding carboxylic acids is 1. The lowest BCUT2D eigenvalue weighted by atomic mass is 10.2. The normalized spacial score (nSPS) is 12.0. The maximum Gasteiger partial charge on any atom is 0.233 e. The molecule has 0 aliphatic rings. The number of halogens is 2. The van der Waals surface area contributed by atoms with Crippen molar-refractivity contribution in [1.82, 2.24) is 5.32 Å². The Labute approximate surface area is 161 Å². The lowest BCUT2D eigenvalue weighted by Crippen LogP contribution is -2.32. The molecular weight excluding hydrogens is 381 g/mol. The highest BCUT2D eigenvalue weighted by Gasteiger charge is 2.13. The highest BCUT2D eigenvalue weighted by molar-refractivity contribution is 8.00. The van der Waals surface area contributed by atoms with Gasteiger partial charge >= 0.3 is 0 Å². The smallest absolute Gasteiger partial charge is 0.233 e. The average molecular weight is 400 g/mol. The van der Waals surface area contributed by atoms with Crippen LogP contribution in [0.4, 0.5) is 0 Å². The van der Waals surface area contributed by atoms with E-state index in [4.69, 9.17) is 23.2 Å². The molecule has 0 fully saturated rings. The van der Waals surface area contributed by atoms with Gasteiger partial charge in [-0.25, -0.2) is 0 Å². The summed E-state index contributed by atoms with van der Waals surface area (Å²) in [5.74, 6) is 1.76. The van der Waals surface area contributed by atoms with Gasteiger partial charge in [0.15, 0.2) is 0 Å². The van der Waals surface area contributed by atoms with E-state index in [1.54, 1.807) is 11.8 Å². The van der Waals surface area contributed by atoms with E-state index in [1.807, 2.05) is 55.5 Å². The van der Waals surface area contributed by atoms with Crippen molar-refractivity contribution in [3.63, 3.8) is 0 Å². The third-order valence-electron chi connectivity index (χ3n) is 3.26. The quantitative estimate of drug-likeness (QED) is 0.467. The first-order valence-corrected chi connectivity index (χ1v) is 10.4. The molecular formula is C18H19Cl2NOS2. The Kier molecular flexibility index (Phi) is 8.33. The summed E-state index contributed by atoms with van der Waals surface area (Å²) in [5, 5.41) is 4.33. The van der Waals surface area contributed by atoms with E-state index in [0.717, 1.165) is 27.0 Å². The summed E-state index contributed by atoms with van der Waals surface area (Å²) in [4.78, 5) is 13.2. The molecule has 6 heteroatoms. The first kappa shape index (κ1) is 19.5. The third-order valence-corrected chi connectivity index (χ3v) is 6.00. The van der Waals surface area contributed by atoms with Crippen LogP contribution in [-0.4, -0.2) is 23.5 Å². The highest BCUT2D eigenvalue weighted by atomic mass is 35.5. The van der Waals surface area contributed by atoms with E-state index >= 15 is 0 Å². The SMILES string of the molecule is C[C@@H](Sc1ccc(Cl)cc1)C(=O)NCCSCc1ccccc1Cl. The van der Waals surface area contributed by atoms with Crippen LogP contribution in [0.3, 0.4) is 0 Å². The number of rotatable bonds is 8. The summed E-state index contributed by atoms with van der Waals surface area (Å²) >= 11 is 15.3. The van der Waals surface area contributed by atoms with Crippen molar-refractivity contribution in [2.75, 3.05) is 12.3 Å². The third kappa shape index (κ3) is 6.60. The van der Waals surface area contributed by atoms with Crippen LogP contribution in [0.2, 0.25) is 10.0 Å². The number of benzene rings is 2. The summed E-state index contributed by atoms with van der Waals surface area (Å²) < 4.78 is 0. The molecule has 128 valence electrons. The Morgan fingerprint density at radius 2 is 1.83 bits per heavy atom. The average Bonchev–Trinajstić information content (AvgIpc) is 2.58. The van der Waals surface area contributed by atoms with E-state index in [2.05, 4.69) is 5.32 Å². The van der Waals surface area contributed by atoms with Crippen molar-refractivity contribution in [3.8, 4) is 0 Å². The number of amides is 1. The van der Waals surface area contributed by atoms with Crippen LogP contribution >= 0.6 is 46.7 Å². The van der Waals surface area contributed by atoms with Crippen LogP contribution in [0.1, 0.15) is 12.5 Å². The van der Waals surface area contributed by atoms with E-state index < -0.39 is 0 Å². The fourth-order valence-corrected chi connectivity index (χ4v) is 4.12. The van der Waals surface area contributed by atoms with Crippen LogP contribution in [-0.2, 0) is 10.5 Å². The largest absolute Gasteiger partial charge is 0.354 e. The Morgan fingerprint density at radius 3 is 2.54 bits per heavy atom. The van der Waals surface area contributed by atoms with Gasteiger partial charge in [-0.05, 0) is 42.8 Å². The van der Waals surface area contributed by atoms with Gasteiger partial charge in [0.25, 0.3) is 0 Å². The molecule has 0 aromatic heterocycles. The molecule has 2 nitrogen and oxygen atoms in total. The summed E-state index contributed by atoms with van der Waals surface area (Å²) in [5.41, 5.74) is 1.13. The predicted molar refractivity (Wildman–Crippen MR) is 107 cm³/mol. The second kappa shape index (κ2) is 10.2. The second-order valence-corrected chi connectivity index (χ2v) is 8.51. The molecule has 2 rings (SSSR count). The summed E-state index contributed by atoms with van der Waals surface area (Å²) in [7, 11) is 0. The van der Waals surface area contributed by atoms with E-state index in [0.29, 0.717) is 11.6 Å². The van der Waals surface area contributed by atoms with Gasteiger partial charge in [0.05, 0.1) is 5.25 Å². The lowest BCUT2D eigenvalue weighted by Gasteiger charge is -2.12. The number of nitrogens with one attached hydrogen (secondary N) is 1. The zero-order valence-electron chi connectivity index (χ0n) is 13.3. The molecule has 0 saturated carbocycles.